The van der Waals surface area contributed by atoms with Gasteiger partial charge in [0, 0.05) is 13.1 Å². The molecule has 0 aromatic heterocycles. The molecule has 4 rings (SSSR count). The summed E-state index contributed by atoms with van der Waals surface area (Å²) in [7, 11) is 0. The number of amides is 2. The maximum absolute atomic E-state index is 14.5. The Balaban J connectivity index is 1.52. The fraction of sp³-hybridized carbons (Fsp3) is 0.364. The van der Waals surface area contributed by atoms with Crippen LogP contribution in [0.2, 0.25) is 0 Å². The molecule has 2 fully saturated rings. The van der Waals surface area contributed by atoms with Crippen molar-refractivity contribution in [3.8, 4) is 11.5 Å². The van der Waals surface area contributed by atoms with Crippen molar-refractivity contribution in [3.05, 3.63) is 59.4 Å². The number of nitrogens with zero attached hydrogens (tertiary/aromatic N) is 1. The van der Waals surface area contributed by atoms with Crippen LogP contribution >= 0.6 is 0 Å². The van der Waals surface area contributed by atoms with Gasteiger partial charge >= 0.3 is 0 Å². The van der Waals surface area contributed by atoms with Gasteiger partial charge in [0.25, 0.3) is 5.91 Å². The minimum absolute atomic E-state index is 0.0828. The van der Waals surface area contributed by atoms with Crippen molar-refractivity contribution in [2.24, 2.45) is 11.7 Å². The normalized spacial score (nSPS) is 21.0. The van der Waals surface area contributed by atoms with E-state index in [2.05, 4.69) is 5.32 Å². The van der Waals surface area contributed by atoms with Gasteiger partial charge in [0.2, 0.25) is 5.91 Å². The van der Waals surface area contributed by atoms with Gasteiger partial charge in [-0.15, -0.1) is 0 Å². The van der Waals surface area contributed by atoms with Gasteiger partial charge in [-0.3, -0.25) is 9.59 Å². The summed E-state index contributed by atoms with van der Waals surface area (Å²) < 4.78 is 25.8. The smallest absolute Gasteiger partial charge is 0.257 e. The molecule has 30 heavy (non-hydrogen) atoms. The van der Waals surface area contributed by atoms with E-state index in [4.69, 9.17) is 15.2 Å². The minimum Gasteiger partial charge on any atom is -0.457 e. The molecule has 0 saturated carbocycles. The van der Waals surface area contributed by atoms with Gasteiger partial charge in [-0.05, 0) is 48.9 Å². The lowest BCUT2D eigenvalue weighted by molar-refractivity contribution is -0.125. The summed E-state index contributed by atoms with van der Waals surface area (Å²) in [4.78, 5) is 26.7. The van der Waals surface area contributed by atoms with Gasteiger partial charge in [0.05, 0.1) is 30.7 Å². The molecule has 2 atom stereocenters. The van der Waals surface area contributed by atoms with Gasteiger partial charge in [-0.25, -0.2) is 4.39 Å². The molecule has 0 radical (unpaired) electrons. The lowest BCUT2D eigenvalue weighted by Crippen LogP contribution is -2.44. The summed E-state index contributed by atoms with van der Waals surface area (Å²) in [5, 5.41) is 2.87. The molecule has 7 nitrogen and oxygen atoms in total. The molecule has 2 saturated heterocycles. The molecule has 2 bridgehead atoms. The molecule has 2 aromatic rings. The first-order valence-corrected chi connectivity index (χ1v) is 9.97. The third-order valence-corrected chi connectivity index (χ3v) is 5.28. The number of nitrogens with two attached hydrogens (primary N) is 1. The molecule has 2 amide bonds. The van der Waals surface area contributed by atoms with Crippen LogP contribution < -0.4 is 15.8 Å². The van der Waals surface area contributed by atoms with E-state index in [1.807, 2.05) is 24.3 Å². The first-order chi connectivity index (χ1) is 14.5. The van der Waals surface area contributed by atoms with Crippen LogP contribution in [0.3, 0.4) is 0 Å². The molecule has 158 valence electrons. The Hall–Kier alpha value is -2.97. The number of rotatable bonds is 5. The van der Waals surface area contributed by atoms with E-state index < -0.39 is 17.6 Å². The fourth-order valence-electron chi connectivity index (χ4n) is 3.72. The van der Waals surface area contributed by atoms with Crippen LogP contribution in [0.1, 0.15) is 15.9 Å². The highest BCUT2D eigenvalue weighted by atomic mass is 19.1. The number of benzene rings is 2. The molecule has 2 aliphatic rings. The maximum atomic E-state index is 14.5. The van der Waals surface area contributed by atoms with E-state index >= 15 is 0 Å². The summed E-state index contributed by atoms with van der Waals surface area (Å²) >= 11 is 0. The van der Waals surface area contributed by atoms with Crippen molar-refractivity contribution < 1.29 is 23.5 Å². The summed E-state index contributed by atoms with van der Waals surface area (Å²) in [6.07, 6.45) is 0.774. The maximum Gasteiger partial charge on any atom is 0.257 e. The zero-order valence-corrected chi connectivity index (χ0v) is 16.5. The van der Waals surface area contributed by atoms with Crippen LogP contribution in [0.5, 0.6) is 11.5 Å². The number of ether oxygens (including phenoxy) is 2. The van der Waals surface area contributed by atoms with E-state index in [0.29, 0.717) is 24.7 Å². The number of hydrogen-bond donors (Lipinski definition) is 2. The zero-order valence-electron chi connectivity index (χ0n) is 16.5. The van der Waals surface area contributed by atoms with Gasteiger partial charge in [-0.1, -0.05) is 12.1 Å². The molecule has 2 aromatic carbocycles. The van der Waals surface area contributed by atoms with E-state index in [9.17, 15) is 14.0 Å². The average Bonchev–Trinajstić information content (AvgIpc) is 2.99. The second-order valence-corrected chi connectivity index (χ2v) is 7.58. The number of hydrogen-bond acceptors (Lipinski definition) is 5. The van der Waals surface area contributed by atoms with E-state index in [1.54, 1.807) is 0 Å². The lowest BCUT2D eigenvalue weighted by atomic mass is 10.1. The Morgan fingerprint density at radius 3 is 2.70 bits per heavy atom. The molecule has 8 heteroatoms. The average molecular weight is 413 g/mol. The van der Waals surface area contributed by atoms with E-state index in [1.165, 1.54) is 23.1 Å². The Kier molecular flexibility index (Phi) is 5.96. The standard InChI is InChI=1S/C22H24FN3O4/c23-20-6-5-18(30-17-3-1-14(2-4-17)7-8-24)9-19(20)22(28)26-10-15-12-29-13-16(11-26)25-21(15)27/h1-6,9,15-16H,7-8,10-13,24H2,(H,25,27)/t15-,16+/m1/s1. The predicted octanol–water partition coefficient (Wildman–Crippen LogP) is 1.71. The monoisotopic (exact) mass is 413 g/mol. The topological polar surface area (TPSA) is 93.9 Å². The first-order valence-electron chi connectivity index (χ1n) is 9.97. The second kappa shape index (κ2) is 8.81. The van der Waals surface area contributed by atoms with Gasteiger partial charge in [0.1, 0.15) is 17.3 Å². The molecule has 2 heterocycles. The van der Waals surface area contributed by atoms with Crippen LogP contribution in [0.25, 0.3) is 0 Å². The van der Waals surface area contributed by atoms with Gasteiger partial charge in [-0.2, -0.15) is 0 Å². The van der Waals surface area contributed by atoms with Crippen molar-refractivity contribution in [2.75, 3.05) is 32.8 Å². The lowest BCUT2D eigenvalue weighted by Gasteiger charge is -2.28. The van der Waals surface area contributed by atoms with Crippen molar-refractivity contribution in [1.82, 2.24) is 10.2 Å². The molecule has 2 aliphatic heterocycles. The largest absolute Gasteiger partial charge is 0.457 e. The van der Waals surface area contributed by atoms with Crippen molar-refractivity contribution in [2.45, 2.75) is 12.5 Å². The van der Waals surface area contributed by atoms with Crippen LogP contribution in [-0.2, 0) is 16.0 Å². The van der Waals surface area contributed by atoms with Crippen molar-refractivity contribution in [3.63, 3.8) is 0 Å². The SMILES string of the molecule is NCCc1ccc(Oc2ccc(F)c(C(=O)N3C[C@H]4COC[C@@H](C3)C(=O)N4)c2)cc1. The second-order valence-electron chi connectivity index (χ2n) is 7.58. The quantitative estimate of drug-likeness (QED) is 0.778. The minimum atomic E-state index is -0.629. The highest BCUT2D eigenvalue weighted by molar-refractivity contribution is 5.95. The zero-order chi connectivity index (χ0) is 21.1. The Morgan fingerprint density at radius 1 is 1.17 bits per heavy atom. The Morgan fingerprint density at radius 2 is 1.93 bits per heavy atom. The third kappa shape index (κ3) is 4.44. The summed E-state index contributed by atoms with van der Waals surface area (Å²) in [6, 6.07) is 11.2. The highest BCUT2D eigenvalue weighted by Gasteiger charge is 2.36. The van der Waals surface area contributed by atoms with Gasteiger partial charge < -0.3 is 25.4 Å². The van der Waals surface area contributed by atoms with Gasteiger partial charge in [0.15, 0.2) is 0 Å². The summed E-state index contributed by atoms with van der Waals surface area (Å²) in [5.74, 6) is -0.754. The number of halogens is 1. The fourth-order valence-corrected chi connectivity index (χ4v) is 3.72. The van der Waals surface area contributed by atoms with Crippen molar-refractivity contribution >= 4 is 11.8 Å². The molecular weight excluding hydrogens is 389 g/mol. The predicted molar refractivity (Wildman–Crippen MR) is 108 cm³/mol. The Labute approximate surface area is 173 Å². The van der Waals surface area contributed by atoms with Crippen LogP contribution in [0.4, 0.5) is 4.39 Å². The molecule has 0 aliphatic carbocycles. The molecule has 3 N–H and O–H groups in total. The number of carbonyl (C=O) groups excluding carboxylic acids is 2. The number of fused-ring (bicyclic) bond motifs is 3. The van der Waals surface area contributed by atoms with Crippen LogP contribution in [-0.4, -0.2) is 55.6 Å². The van der Waals surface area contributed by atoms with Crippen LogP contribution in [0, 0.1) is 11.7 Å². The first kappa shape index (κ1) is 20.3. The van der Waals surface area contributed by atoms with E-state index in [-0.39, 0.29) is 37.2 Å². The molecular formula is C22H24FN3O4. The third-order valence-electron chi connectivity index (χ3n) is 5.28. The summed E-state index contributed by atoms with van der Waals surface area (Å²) in [6.45, 7) is 1.60. The Bertz CT molecular complexity index is 934. The van der Waals surface area contributed by atoms with E-state index in [0.717, 1.165) is 12.0 Å². The van der Waals surface area contributed by atoms with Crippen LogP contribution in [0.15, 0.2) is 42.5 Å². The number of carbonyl (C=O) groups is 2. The number of nitrogens with one attached hydrogen (secondary N) is 1. The molecule has 0 spiro atoms. The van der Waals surface area contributed by atoms with Crippen molar-refractivity contribution in [1.29, 1.82) is 0 Å². The molecule has 0 unspecified atom stereocenters. The summed E-state index contributed by atoms with van der Waals surface area (Å²) in [5.41, 5.74) is 6.57. The highest BCUT2D eigenvalue weighted by Crippen LogP contribution is 2.26.